The van der Waals surface area contributed by atoms with Crippen molar-refractivity contribution in [1.82, 2.24) is 14.5 Å². The average molecular weight is 442 g/mol. The lowest BCUT2D eigenvalue weighted by atomic mass is 10.2. The number of fused-ring (bicyclic) bond motifs is 1. The fourth-order valence-electron chi connectivity index (χ4n) is 2.68. The van der Waals surface area contributed by atoms with Gasteiger partial charge in [0.1, 0.15) is 22.5 Å². The zero-order valence-corrected chi connectivity index (χ0v) is 18.6. The second-order valence-electron chi connectivity index (χ2n) is 7.61. The monoisotopic (exact) mass is 441 g/mol. The van der Waals surface area contributed by atoms with E-state index in [9.17, 15) is 4.79 Å². The highest BCUT2D eigenvalue weighted by atomic mass is 32.2. The van der Waals surface area contributed by atoms with E-state index in [4.69, 9.17) is 16.0 Å². The highest BCUT2D eigenvalue weighted by Gasteiger charge is 2.22. The molecule has 0 unspecified atom stereocenters. The number of hydrogen-bond acceptors (Lipinski definition) is 7. The lowest BCUT2D eigenvalue weighted by Gasteiger charge is -2.19. The molecule has 1 aromatic carbocycles. The number of ether oxygens (including phenoxy) is 1. The number of thioether (sulfide) groups is 1. The zero-order chi connectivity index (χ0) is 22.6. The van der Waals surface area contributed by atoms with Crippen molar-refractivity contribution in [2.45, 2.75) is 37.3 Å². The predicted molar refractivity (Wildman–Crippen MR) is 119 cm³/mol. The highest BCUT2D eigenvalue weighted by molar-refractivity contribution is 7.98. The number of nitrogens with one attached hydrogen (secondary N) is 2. The summed E-state index contributed by atoms with van der Waals surface area (Å²) >= 11 is 1.42. The second kappa shape index (κ2) is 9.13. The van der Waals surface area contributed by atoms with Crippen LogP contribution in [0.15, 0.2) is 52.8 Å². The van der Waals surface area contributed by atoms with Gasteiger partial charge in [-0.1, -0.05) is 30.0 Å². The minimum absolute atomic E-state index is 0.0759. The van der Waals surface area contributed by atoms with Gasteiger partial charge in [-0.2, -0.15) is 9.98 Å². The number of aromatic nitrogens is 3. The summed E-state index contributed by atoms with van der Waals surface area (Å²) in [5.41, 5.74) is 1.68. The van der Waals surface area contributed by atoms with Gasteiger partial charge in [0, 0.05) is 5.75 Å². The minimum atomic E-state index is -0.593. The first-order valence-corrected chi connectivity index (χ1v) is 10.5. The molecule has 2 aromatic heterocycles. The van der Waals surface area contributed by atoms with E-state index in [2.05, 4.69) is 20.5 Å². The number of carbonyl (C=O) groups is 1. The molecule has 3 aromatic rings. The van der Waals surface area contributed by atoms with Crippen LogP contribution in [0.3, 0.4) is 0 Å². The Morgan fingerprint density at radius 2 is 2.00 bits per heavy atom. The van der Waals surface area contributed by atoms with Crippen molar-refractivity contribution in [3.8, 4) is 0 Å². The highest BCUT2D eigenvalue weighted by Crippen LogP contribution is 2.26. The summed E-state index contributed by atoms with van der Waals surface area (Å²) in [6, 6.07) is 12.9. The van der Waals surface area contributed by atoms with E-state index in [0.29, 0.717) is 16.7 Å². The molecule has 4 N–H and O–H groups in total. The molecule has 162 valence electrons. The number of hydrogen-bond donors (Lipinski definition) is 3. The topological polar surface area (TPSA) is 134 Å². The summed E-state index contributed by atoms with van der Waals surface area (Å²) < 4.78 is 8.21. The molecule has 0 aliphatic rings. The van der Waals surface area contributed by atoms with Crippen LogP contribution >= 0.6 is 11.8 Å². The number of para-hydroxylation sites is 2. The van der Waals surface area contributed by atoms with Crippen LogP contribution in [-0.4, -0.2) is 43.9 Å². The number of anilines is 1. The Kier molecular flexibility index (Phi) is 6.54. The van der Waals surface area contributed by atoms with E-state index in [-0.39, 0.29) is 5.96 Å². The van der Waals surface area contributed by atoms with Crippen molar-refractivity contribution >= 4 is 40.7 Å². The Morgan fingerprint density at radius 1 is 1.26 bits per heavy atom. The molecule has 31 heavy (non-hydrogen) atoms. The lowest BCUT2D eigenvalue weighted by Crippen LogP contribution is -2.27. The summed E-state index contributed by atoms with van der Waals surface area (Å²) in [7, 11) is 1.60. The summed E-state index contributed by atoms with van der Waals surface area (Å²) in [6.45, 7) is 5.39. The van der Waals surface area contributed by atoms with E-state index in [1.165, 1.54) is 16.5 Å². The van der Waals surface area contributed by atoms with Crippen molar-refractivity contribution in [3.63, 3.8) is 0 Å². The molecule has 0 saturated carbocycles. The predicted octanol–water partition coefficient (Wildman–Crippen LogP) is 3.82. The second-order valence-corrected chi connectivity index (χ2v) is 8.55. The zero-order valence-electron chi connectivity index (χ0n) is 17.8. The standard InChI is InChI=1S/C20H24N8O2S/c1-20(2,3)30-19(29)25-16-11-7-8-13(23-16)12-31-18-24-14-9-5-6-10-15(14)28(18)17(21)27(4)26-22/h5-11,21-22H,12H2,1-4H3,(H,23,25,29)/p+1. The number of nitrogens with zero attached hydrogens (tertiary/aromatic N) is 5. The van der Waals surface area contributed by atoms with Crippen LogP contribution in [0, 0.1) is 5.41 Å². The fourth-order valence-corrected chi connectivity index (χ4v) is 3.60. The molecule has 11 heteroatoms. The number of rotatable bonds is 4. The summed E-state index contributed by atoms with van der Waals surface area (Å²) in [4.78, 5) is 21.1. The first-order chi connectivity index (χ1) is 14.7. The molecular weight excluding hydrogens is 416 g/mol. The molecule has 2 heterocycles. The quantitative estimate of drug-likeness (QED) is 0.107. The molecule has 0 saturated heterocycles. The van der Waals surface area contributed by atoms with Crippen molar-refractivity contribution < 1.29 is 14.2 Å². The van der Waals surface area contributed by atoms with Gasteiger partial charge in [-0.25, -0.2) is 20.6 Å². The number of nitrogens with two attached hydrogens (primary N) is 1. The smallest absolute Gasteiger partial charge is 0.413 e. The molecule has 0 aliphatic carbocycles. The van der Waals surface area contributed by atoms with E-state index >= 15 is 0 Å². The minimum Gasteiger partial charge on any atom is -0.444 e. The average Bonchev–Trinajstić information content (AvgIpc) is 3.08. The maximum Gasteiger partial charge on any atom is 0.413 e. The van der Waals surface area contributed by atoms with Crippen LogP contribution in [0.1, 0.15) is 26.5 Å². The van der Waals surface area contributed by atoms with Crippen LogP contribution in [-0.2, 0) is 10.5 Å². The van der Waals surface area contributed by atoms with E-state index in [0.717, 1.165) is 16.7 Å². The first-order valence-electron chi connectivity index (χ1n) is 9.47. The largest absolute Gasteiger partial charge is 0.444 e. The van der Waals surface area contributed by atoms with Crippen molar-refractivity contribution in [2.75, 3.05) is 12.4 Å². The van der Waals surface area contributed by atoms with E-state index < -0.39 is 11.7 Å². The van der Waals surface area contributed by atoms with Crippen LogP contribution in [0.5, 0.6) is 0 Å². The van der Waals surface area contributed by atoms with Gasteiger partial charge in [0.25, 0.3) is 0 Å². The Labute approximate surface area is 184 Å². The fraction of sp³-hybridized carbons (Fsp3) is 0.300. The molecule has 1 amide bonds. The third-order valence-corrected chi connectivity index (χ3v) is 4.98. The third kappa shape index (κ3) is 5.57. The Balaban J connectivity index is 1.80. The molecule has 10 nitrogen and oxygen atoms in total. The van der Waals surface area contributed by atoms with Crippen molar-refractivity contribution in [1.29, 1.82) is 5.41 Å². The molecule has 0 spiro atoms. The normalized spacial score (nSPS) is 12.1. The van der Waals surface area contributed by atoms with Gasteiger partial charge in [0.2, 0.25) is 5.16 Å². The number of carbonyl (C=O) groups excluding carboxylic acids is 1. The maximum absolute atomic E-state index is 12.0. The van der Waals surface area contributed by atoms with Crippen LogP contribution in [0.2, 0.25) is 0 Å². The van der Waals surface area contributed by atoms with Crippen LogP contribution in [0.25, 0.3) is 11.0 Å². The van der Waals surface area contributed by atoms with Crippen molar-refractivity contribution in [3.05, 3.63) is 48.2 Å². The maximum atomic E-state index is 12.0. The van der Waals surface area contributed by atoms with Crippen molar-refractivity contribution in [2.24, 2.45) is 11.1 Å². The van der Waals surface area contributed by atoms with Gasteiger partial charge in [-0.15, -0.1) is 4.70 Å². The third-order valence-electron chi connectivity index (χ3n) is 4.01. The van der Waals surface area contributed by atoms with Gasteiger partial charge in [-0.3, -0.25) is 5.32 Å². The SMILES string of the molecule is C/[N+](=N/N)C(=N)n1c(SCc2cccc(NC(=O)OC(C)(C)C)n2)nc2ccccc21. The molecule has 3 rings (SSSR count). The summed E-state index contributed by atoms with van der Waals surface area (Å²) in [5.74, 6) is 6.30. The molecule has 0 aliphatic heterocycles. The van der Waals surface area contributed by atoms with Gasteiger partial charge in [-0.05, 0) is 50.3 Å². The van der Waals surface area contributed by atoms with Gasteiger partial charge in [0.05, 0.1) is 12.7 Å². The molecule has 0 bridgehead atoms. The first kappa shape index (κ1) is 22.2. The van der Waals surface area contributed by atoms with Crippen LogP contribution in [0.4, 0.5) is 10.6 Å². The van der Waals surface area contributed by atoms with E-state index in [1.54, 1.807) is 38.5 Å². The van der Waals surface area contributed by atoms with Gasteiger partial charge < -0.3 is 4.74 Å². The summed E-state index contributed by atoms with van der Waals surface area (Å²) in [5, 5.41) is 15.2. The summed E-state index contributed by atoms with van der Waals surface area (Å²) in [6.07, 6.45) is -0.561. The number of pyridine rings is 1. The van der Waals surface area contributed by atoms with Gasteiger partial charge >= 0.3 is 12.1 Å². The Bertz CT molecular complexity index is 1150. The Hall–Kier alpha value is -3.47. The number of imidazole rings is 1. The van der Waals surface area contributed by atoms with Gasteiger partial charge in [0.15, 0.2) is 0 Å². The molecule has 0 fully saturated rings. The number of benzene rings is 1. The lowest BCUT2D eigenvalue weighted by molar-refractivity contribution is -0.457. The Morgan fingerprint density at radius 3 is 2.71 bits per heavy atom. The molecular formula is C20H25N8O2S+. The van der Waals surface area contributed by atoms with Crippen LogP contribution < -0.4 is 11.2 Å². The van der Waals surface area contributed by atoms with E-state index in [1.807, 2.05) is 36.4 Å². The molecule has 0 atom stereocenters. The number of amides is 1. The molecule has 0 radical (unpaired) electrons.